The van der Waals surface area contributed by atoms with Crippen molar-refractivity contribution in [2.24, 2.45) is 0 Å². The van der Waals surface area contributed by atoms with Gasteiger partial charge in [0.05, 0.1) is 11.8 Å². The second-order valence-electron chi connectivity index (χ2n) is 4.92. The summed E-state index contributed by atoms with van der Waals surface area (Å²) in [4.78, 5) is 4.28. The van der Waals surface area contributed by atoms with Gasteiger partial charge in [-0.2, -0.15) is 4.98 Å². The SMILES string of the molecule is CCc1cc(Oc2ccc(N)c(OC(C)C)n2)ccc1Cl. The van der Waals surface area contributed by atoms with E-state index in [9.17, 15) is 0 Å². The van der Waals surface area contributed by atoms with Crippen LogP contribution in [0.1, 0.15) is 26.3 Å². The van der Waals surface area contributed by atoms with Gasteiger partial charge in [0, 0.05) is 11.1 Å². The van der Waals surface area contributed by atoms with Crippen molar-refractivity contribution < 1.29 is 9.47 Å². The van der Waals surface area contributed by atoms with E-state index >= 15 is 0 Å². The molecule has 1 heterocycles. The van der Waals surface area contributed by atoms with Crippen LogP contribution >= 0.6 is 11.6 Å². The number of hydrogen-bond acceptors (Lipinski definition) is 4. The number of halogens is 1. The molecule has 1 aromatic carbocycles. The van der Waals surface area contributed by atoms with Gasteiger partial charge in [-0.3, -0.25) is 0 Å². The molecule has 0 atom stereocenters. The van der Waals surface area contributed by atoms with Gasteiger partial charge >= 0.3 is 0 Å². The molecule has 0 fully saturated rings. The monoisotopic (exact) mass is 306 g/mol. The minimum absolute atomic E-state index is 0.00252. The van der Waals surface area contributed by atoms with Crippen LogP contribution in [0, 0.1) is 0 Å². The Hall–Kier alpha value is -1.94. The average Bonchev–Trinajstić information content (AvgIpc) is 2.44. The largest absolute Gasteiger partial charge is 0.473 e. The number of aryl methyl sites for hydroxylation is 1. The highest BCUT2D eigenvalue weighted by atomic mass is 35.5. The van der Waals surface area contributed by atoms with E-state index in [0.717, 1.165) is 17.0 Å². The van der Waals surface area contributed by atoms with Crippen molar-refractivity contribution in [3.8, 4) is 17.5 Å². The van der Waals surface area contributed by atoms with E-state index in [0.29, 0.717) is 23.2 Å². The first-order valence-corrected chi connectivity index (χ1v) is 7.26. The number of anilines is 1. The van der Waals surface area contributed by atoms with Crippen LogP contribution in [0.4, 0.5) is 5.69 Å². The maximum atomic E-state index is 6.09. The molecule has 2 rings (SSSR count). The van der Waals surface area contributed by atoms with Gasteiger partial charge in [-0.05, 0) is 50.1 Å². The molecule has 4 nitrogen and oxygen atoms in total. The smallest absolute Gasteiger partial charge is 0.240 e. The zero-order chi connectivity index (χ0) is 15.4. The Balaban J connectivity index is 2.23. The summed E-state index contributed by atoms with van der Waals surface area (Å²) >= 11 is 6.09. The fraction of sp³-hybridized carbons (Fsp3) is 0.312. The Morgan fingerprint density at radius 3 is 2.67 bits per heavy atom. The Labute approximate surface area is 129 Å². The van der Waals surface area contributed by atoms with Gasteiger partial charge in [0.2, 0.25) is 11.8 Å². The Morgan fingerprint density at radius 1 is 1.24 bits per heavy atom. The van der Waals surface area contributed by atoms with Crippen molar-refractivity contribution in [1.29, 1.82) is 0 Å². The van der Waals surface area contributed by atoms with Gasteiger partial charge in [-0.15, -0.1) is 0 Å². The topological polar surface area (TPSA) is 57.4 Å². The summed E-state index contributed by atoms with van der Waals surface area (Å²) in [6.07, 6.45) is 0.838. The third-order valence-electron chi connectivity index (χ3n) is 2.83. The van der Waals surface area contributed by atoms with Crippen molar-refractivity contribution >= 4 is 17.3 Å². The van der Waals surface area contributed by atoms with Gasteiger partial charge in [0.15, 0.2) is 0 Å². The van der Waals surface area contributed by atoms with Gasteiger partial charge < -0.3 is 15.2 Å². The highest BCUT2D eigenvalue weighted by molar-refractivity contribution is 6.31. The third kappa shape index (κ3) is 4.02. The number of rotatable bonds is 5. The minimum atomic E-state index is -0.00252. The van der Waals surface area contributed by atoms with Crippen molar-refractivity contribution in [1.82, 2.24) is 4.98 Å². The summed E-state index contributed by atoms with van der Waals surface area (Å²) in [5, 5.41) is 0.735. The summed E-state index contributed by atoms with van der Waals surface area (Å²) in [5.74, 6) is 1.50. The maximum absolute atomic E-state index is 6.09. The van der Waals surface area contributed by atoms with E-state index in [1.54, 1.807) is 12.1 Å². The maximum Gasteiger partial charge on any atom is 0.240 e. The van der Waals surface area contributed by atoms with Crippen LogP contribution < -0.4 is 15.2 Å². The molecule has 0 saturated heterocycles. The third-order valence-corrected chi connectivity index (χ3v) is 3.20. The molecule has 112 valence electrons. The second kappa shape index (κ2) is 6.68. The zero-order valence-corrected chi connectivity index (χ0v) is 13.1. The van der Waals surface area contributed by atoms with Crippen LogP contribution in [0.5, 0.6) is 17.5 Å². The van der Waals surface area contributed by atoms with Crippen LogP contribution in [-0.2, 0) is 6.42 Å². The zero-order valence-electron chi connectivity index (χ0n) is 12.4. The number of ether oxygens (including phenoxy) is 2. The minimum Gasteiger partial charge on any atom is -0.473 e. The number of hydrogen-bond donors (Lipinski definition) is 1. The Bertz CT molecular complexity index is 630. The number of nitrogens with two attached hydrogens (primary N) is 1. The molecule has 2 aromatic rings. The molecule has 5 heteroatoms. The number of aromatic nitrogens is 1. The first kappa shape index (κ1) is 15.4. The number of benzene rings is 1. The standard InChI is InChI=1S/C16H19ClN2O2/c1-4-11-9-12(5-6-13(11)17)21-15-8-7-14(18)16(19-15)20-10(2)3/h5-10H,4,18H2,1-3H3. The molecular weight excluding hydrogens is 288 g/mol. The lowest BCUT2D eigenvalue weighted by atomic mass is 10.1. The first-order chi connectivity index (χ1) is 9.99. The summed E-state index contributed by atoms with van der Waals surface area (Å²) in [5.41, 5.74) is 7.35. The van der Waals surface area contributed by atoms with Gasteiger partial charge in [0.25, 0.3) is 0 Å². The molecule has 1 aromatic heterocycles. The van der Waals surface area contributed by atoms with Crippen LogP contribution in [0.15, 0.2) is 30.3 Å². The molecule has 0 radical (unpaired) electrons. The number of nitrogen functional groups attached to an aromatic ring is 1. The average molecular weight is 307 g/mol. The molecular formula is C16H19ClN2O2. The predicted molar refractivity (Wildman–Crippen MR) is 85.3 cm³/mol. The summed E-state index contributed by atoms with van der Waals surface area (Å²) < 4.78 is 11.3. The fourth-order valence-corrected chi connectivity index (χ4v) is 2.07. The quantitative estimate of drug-likeness (QED) is 0.886. The highest BCUT2D eigenvalue weighted by Gasteiger charge is 2.09. The molecule has 0 aliphatic rings. The first-order valence-electron chi connectivity index (χ1n) is 6.89. The van der Waals surface area contributed by atoms with E-state index in [4.69, 9.17) is 26.8 Å². The summed E-state index contributed by atoms with van der Waals surface area (Å²) in [7, 11) is 0. The molecule has 0 aliphatic heterocycles. The fourth-order valence-electron chi connectivity index (χ4n) is 1.82. The predicted octanol–water partition coefficient (Wildman–Crippen LogP) is 4.46. The van der Waals surface area contributed by atoms with Crippen molar-refractivity contribution in [2.45, 2.75) is 33.3 Å². The van der Waals surface area contributed by atoms with Crippen molar-refractivity contribution in [3.63, 3.8) is 0 Å². The van der Waals surface area contributed by atoms with E-state index in [2.05, 4.69) is 4.98 Å². The summed E-state index contributed by atoms with van der Waals surface area (Å²) in [6.45, 7) is 5.88. The van der Waals surface area contributed by atoms with E-state index < -0.39 is 0 Å². The van der Waals surface area contributed by atoms with Gasteiger partial charge in [-0.25, -0.2) is 0 Å². The number of nitrogens with zero attached hydrogens (tertiary/aromatic N) is 1. The van der Waals surface area contributed by atoms with Gasteiger partial charge in [0.1, 0.15) is 5.75 Å². The van der Waals surface area contributed by atoms with Crippen molar-refractivity contribution in [2.75, 3.05) is 5.73 Å². The van der Waals surface area contributed by atoms with E-state index in [-0.39, 0.29) is 6.10 Å². The van der Waals surface area contributed by atoms with Crippen LogP contribution in [0.25, 0.3) is 0 Å². The molecule has 0 saturated carbocycles. The van der Waals surface area contributed by atoms with E-state index in [1.807, 2.05) is 39.0 Å². The lowest BCUT2D eigenvalue weighted by molar-refractivity contribution is 0.232. The van der Waals surface area contributed by atoms with Crippen LogP contribution in [-0.4, -0.2) is 11.1 Å². The molecule has 0 bridgehead atoms. The second-order valence-corrected chi connectivity index (χ2v) is 5.33. The highest BCUT2D eigenvalue weighted by Crippen LogP contribution is 2.29. The van der Waals surface area contributed by atoms with E-state index in [1.165, 1.54) is 0 Å². The van der Waals surface area contributed by atoms with Crippen LogP contribution in [0.3, 0.4) is 0 Å². The molecule has 21 heavy (non-hydrogen) atoms. The lowest BCUT2D eigenvalue weighted by Crippen LogP contribution is -2.09. The molecule has 0 unspecified atom stereocenters. The number of pyridine rings is 1. The van der Waals surface area contributed by atoms with Crippen LogP contribution in [0.2, 0.25) is 5.02 Å². The van der Waals surface area contributed by atoms with Crippen molar-refractivity contribution in [3.05, 3.63) is 40.9 Å². The molecule has 2 N–H and O–H groups in total. The molecule has 0 amide bonds. The summed E-state index contributed by atoms with van der Waals surface area (Å²) in [6, 6.07) is 8.96. The molecule has 0 spiro atoms. The Kier molecular flexibility index (Phi) is 4.91. The lowest BCUT2D eigenvalue weighted by Gasteiger charge is -2.13. The molecule has 0 aliphatic carbocycles. The van der Waals surface area contributed by atoms with Gasteiger partial charge in [-0.1, -0.05) is 18.5 Å². The normalized spacial score (nSPS) is 10.7. The Morgan fingerprint density at radius 2 is 2.00 bits per heavy atom.